The highest BCUT2D eigenvalue weighted by atomic mass is 79.9. The smallest absolute Gasteiger partial charge is 0.213 e. The molecule has 158 valence electrons. The van der Waals surface area contributed by atoms with Gasteiger partial charge in [0, 0.05) is 46.3 Å². The first-order valence-corrected chi connectivity index (χ1v) is 12.2. The lowest BCUT2D eigenvalue weighted by molar-refractivity contribution is 0.0893. The Morgan fingerprint density at radius 2 is 2.06 bits per heavy atom. The lowest BCUT2D eigenvalue weighted by Crippen LogP contribution is -2.64. The highest BCUT2D eigenvalue weighted by molar-refractivity contribution is 9.10. The summed E-state index contributed by atoms with van der Waals surface area (Å²) < 4.78 is 29.2. The van der Waals surface area contributed by atoms with E-state index in [0.717, 1.165) is 37.7 Å². The molecule has 1 aliphatic heterocycles. The molecule has 10 heteroatoms. The van der Waals surface area contributed by atoms with E-state index < -0.39 is 15.6 Å². The average Bonchev–Trinajstić information content (AvgIpc) is 3.35. The first-order valence-electron chi connectivity index (χ1n) is 9.83. The van der Waals surface area contributed by atoms with Crippen molar-refractivity contribution in [1.29, 1.82) is 5.26 Å². The molecular formula is C21H19BrN6O2S. The SMILES string of the molecule is CCS(=O)(=O)N1CC(CC#N)(n2cc(-c3ncnc4[nH]ccc34)c3ccc(Br)cc32)C1. The van der Waals surface area contributed by atoms with E-state index in [1.54, 1.807) is 6.92 Å². The van der Waals surface area contributed by atoms with Crippen molar-refractivity contribution in [3.63, 3.8) is 0 Å². The number of nitriles is 1. The van der Waals surface area contributed by atoms with E-state index in [0.29, 0.717) is 0 Å². The summed E-state index contributed by atoms with van der Waals surface area (Å²) in [5, 5.41) is 11.5. The van der Waals surface area contributed by atoms with Crippen LogP contribution in [0.4, 0.5) is 0 Å². The molecule has 1 N–H and O–H groups in total. The monoisotopic (exact) mass is 498 g/mol. The Hall–Kier alpha value is -2.74. The Balaban J connectivity index is 1.72. The highest BCUT2D eigenvalue weighted by Crippen LogP contribution is 2.42. The van der Waals surface area contributed by atoms with Crippen molar-refractivity contribution in [2.24, 2.45) is 0 Å². The van der Waals surface area contributed by atoms with Gasteiger partial charge in [-0.05, 0) is 25.1 Å². The summed E-state index contributed by atoms with van der Waals surface area (Å²) in [5.74, 6) is 0.0469. The van der Waals surface area contributed by atoms with Crippen LogP contribution in [0.15, 0.2) is 47.5 Å². The van der Waals surface area contributed by atoms with Crippen LogP contribution in [0.3, 0.4) is 0 Å². The summed E-state index contributed by atoms with van der Waals surface area (Å²) in [6.45, 7) is 2.18. The van der Waals surface area contributed by atoms with Gasteiger partial charge in [-0.15, -0.1) is 0 Å². The van der Waals surface area contributed by atoms with Gasteiger partial charge >= 0.3 is 0 Å². The van der Waals surface area contributed by atoms with E-state index in [1.165, 1.54) is 10.6 Å². The second-order valence-corrected chi connectivity index (χ2v) is 10.9. The van der Waals surface area contributed by atoms with Crippen molar-refractivity contribution in [3.05, 3.63) is 47.5 Å². The van der Waals surface area contributed by atoms with Gasteiger partial charge in [0.25, 0.3) is 0 Å². The van der Waals surface area contributed by atoms with E-state index >= 15 is 0 Å². The maximum Gasteiger partial charge on any atom is 0.213 e. The Labute approximate surface area is 187 Å². The van der Waals surface area contributed by atoms with Gasteiger partial charge in [-0.25, -0.2) is 18.4 Å². The number of aromatic nitrogens is 4. The molecule has 1 aromatic carbocycles. The Morgan fingerprint density at radius 3 is 2.81 bits per heavy atom. The van der Waals surface area contributed by atoms with Gasteiger partial charge in [-0.1, -0.05) is 22.0 Å². The number of aromatic amines is 1. The van der Waals surface area contributed by atoms with Crippen molar-refractivity contribution in [3.8, 4) is 17.3 Å². The third kappa shape index (κ3) is 3.07. The van der Waals surface area contributed by atoms with Crippen LogP contribution in [-0.4, -0.2) is 51.1 Å². The van der Waals surface area contributed by atoms with Crippen molar-refractivity contribution >= 4 is 47.9 Å². The molecule has 1 aliphatic rings. The number of H-pyrrole nitrogens is 1. The molecule has 3 aromatic heterocycles. The Morgan fingerprint density at radius 1 is 1.26 bits per heavy atom. The first-order chi connectivity index (χ1) is 14.9. The van der Waals surface area contributed by atoms with Crippen molar-refractivity contribution in [1.82, 2.24) is 23.8 Å². The predicted molar refractivity (Wildman–Crippen MR) is 122 cm³/mol. The molecule has 0 spiro atoms. The zero-order valence-electron chi connectivity index (χ0n) is 16.7. The fraction of sp³-hybridized carbons (Fsp3) is 0.286. The number of benzene rings is 1. The van der Waals surface area contributed by atoms with Gasteiger partial charge in [-0.2, -0.15) is 9.57 Å². The second kappa shape index (κ2) is 7.15. The molecule has 0 amide bonds. The van der Waals surface area contributed by atoms with E-state index in [9.17, 15) is 13.7 Å². The minimum Gasteiger partial charge on any atom is -0.346 e. The number of sulfonamides is 1. The van der Waals surface area contributed by atoms with Crippen LogP contribution in [0.25, 0.3) is 33.2 Å². The topological polar surface area (TPSA) is 108 Å². The molecule has 0 saturated carbocycles. The van der Waals surface area contributed by atoms with Crippen LogP contribution in [-0.2, 0) is 15.6 Å². The number of hydrogen-bond acceptors (Lipinski definition) is 5. The number of nitrogens with one attached hydrogen (secondary N) is 1. The summed E-state index contributed by atoms with van der Waals surface area (Å²) in [7, 11) is -3.31. The van der Waals surface area contributed by atoms with Crippen molar-refractivity contribution in [2.75, 3.05) is 18.8 Å². The van der Waals surface area contributed by atoms with Gasteiger partial charge in [0.15, 0.2) is 0 Å². The predicted octanol–water partition coefficient (Wildman–Crippen LogP) is 3.62. The van der Waals surface area contributed by atoms with Crippen LogP contribution in [0.2, 0.25) is 0 Å². The van der Waals surface area contributed by atoms with Crippen LogP contribution in [0.1, 0.15) is 13.3 Å². The molecule has 0 radical (unpaired) electrons. The first kappa shape index (κ1) is 20.2. The molecule has 0 bridgehead atoms. The van der Waals surface area contributed by atoms with Gasteiger partial charge in [0.05, 0.1) is 35.0 Å². The molecule has 0 aliphatic carbocycles. The van der Waals surface area contributed by atoms with Crippen LogP contribution < -0.4 is 0 Å². The van der Waals surface area contributed by atoms with Gasteiger partial charge in [-0.3, -0.25) is 0 Å². The number of fused-ring (bicyclic) bond motifs is 2. The van der Waals surface area contributed by atoms with Crippen LogP contribution in [0.5, 0.6) is 0 Å². The van der Waals surface area contributed by atoms with Crippen LogP contribution in [0, 0.1) is 11.3 Å². The average molecular weight is 499 g/mol. The largest absolute Gasteiger partial charge is 0.346 e. The van der Waals surface area contributed by atoms with Gasteiger partial charge in [0.2, 0.25) is 10.0 Å². The fourth-order valence-corrected chi connectivity index (χ4v) is 5.94. The number of hydrogen-bond donors (Lipinski definition) is 1. The van der Waals surface area contributed by atoms with E-state index in [-0.39, 0.29) is 25.3 Å². The molecule has 1 fully saturated rings. The summed E-state index contributed by atoms with van der Waals surface area (Å²) >= 11 is 3.55. The summed E-state index contributed by atoms with van der Waals surface area (Å²) in [5.41, 5.74) is 2.76. The molecular weight excluding hydrogens is 480 g/mol. The lowest BCUT2D eigenvalue weighted by Gasteiger charge is -2.49. The van der Waals surface area contributed by atoms with E-state index in [2.05, 4.69) is 41.5 Å². The van der Waals surface area contributed by atoms with Gasteiger partial charge < -0.3 is 9.55 Å². The number of nitrogens with zero attached hydrogens (tertiary/aromatic N) is 5. The molecule has 0 unspecified atom stereocenters. The molecule has 5 rings (SSSR count). The number of halogens is 1. The zero-order valence-corrected chi connectivity index (χ0v) is 19.1. The summed E-state index contributed by atoms with van der Waals surface area (Å²) in [4.78, 5) is 11.9. The lowest BCUT2D eigenvalue weighted by atomic mass is 9.88. The summed E-state index contributed by atoms with van der Waals surface area (Å²) in [6.07, 6.45) is 5.57. The quantitative estimate of drug-likeness (QED) is 0.452. The third-order valence-electron chi connectivity index (χ3n) is 6.00. The highest BCUT2D eigenvalue weighted by Gasteiger charge is 2.49. The molecule has 8 nitrogen and oxygen atoms in total. The summed E-state index contributed by atoms with van der Waals surface area (Å²) in [6, 6.07) is 10.2. The van der Waals surface area contributed by atoms with Crippen molar-refractivity contribution < 1.29 is 8.42 Å². The third-order valence-corrected chi connectivity index (χ3v) is 8.26. The Kier molecular flexibility index (Phi) is 4.66. The second-order valence-electron chi connectivity index (χ2n) is 7.76. The zero-order chi connectivity index (χ0) is 21.8. The molecule has 0 atom stereocenters. The fourth-order valence-electron chi connectivity index (χ4n) is 4.35. The van der Waals surface area contributed by atoms with Crippen molar-refractivity contribution in [2.45, 2.75) is 18.9 Å². The minimum absolute atomic E-state index is 0.0469. The molecule has 4 heterocycles. The maximum absolute atomic E-state index is 12.4. The maximum atomic E-state index is 12.4. The molecule has 1 saturated heterocycles. The van der Waals surface area contributed by atoms with Crippen LogP contribution >= 0.6 is 15.9 Å². The van der Waals surface area contributed by atoms with E-state index in [4.69, 9.17) is 0 Å². The van der Waals surface area contributed by atoms with E-state index in [1.807, 2.05) is 36.7 Å². The standard InChI is InChI=1S/C21H19BrN6O2S/c1-2-31(29,30)27-11-21(12-27,6-7-23)28-10-17(15-4-3-14(22)9-18(15)28)19-16-5-8-24-20(16)26-13-25-19/h3-5,8-10,13H,2,6,11-12H2,1H3,(H,24,25,26). The minimum atomic E-state index is -3.31. The Bertz CT molecular complexity index is 1460. The molecule has 4 aromatic rings. The van der Waals surface area contributed by atoms with Gasteiger partial charge in [0.1, 0.15) is 12.0 Å². The normalized spacial score (nSPS) is 16.4. The number of rotatable bonds is 5. The molecule has 31 heavy (non-hydrogen) atoms.